The predicted molar refractivity (Wildman–Crippen MR) is 109 cm³/mol. The van der Waals surface area contributed by atoms with E-state index in [2.05, 4.69) is 90.6 Å². The van der Waals surface area contributed by atoms with E-state index in [1.807, 2.05) is 0 Å². The largest absolute Gasteiger partial charge is 1.00 e. The van der Waals surface area contributed by atoms with Crippen molar-refractivity contribution in [2.24, 2.45) is 0 Å². The summed E-state index contributed by atoms with van der Waals surface area (Å²) in [4.78, 5) is 0. The molecule has 2 unspecified atom stereocenters. The van der Waals surface area contributed by atoms with Gasteiger partial charge >= 0.3 is 28.4 Å². The number of halogens is 2. The monoisotopic (exact) mass is 489 g/mol. The Labute approximate surface area is 192 Å². The van der Waals surface area contributed by atoms with Gasteiger partial charge in [-0.2, -0.15) is 5.56 Å². The van der Waals surface area contributed by atoms with E-state index in [1.165, 1.54) is 52.5 Å². The molecule has 27 heavy (non-hydrogen) atoms. The van der Waals surface area contributed by atoms with E-state index >= 15 is 0 Å². The van der Waals surface area contributed by atoms with Crippen LogP contribution in [0.4, 0.5) is 0 Å². The standard InChI is InChI=1S/C22H23Si.CH2.2ClH.Zr/c1-23(2,3)15-18-14-17-9-5-7-11-20(17)22(18)21-13-12-16-8-4-6-10-19(16)21;;;;/h4-12,14,21-22H,15H2,1-3H3;1H2;2*1H;/q-1;;;;+2/p-2. The average Bonchev–Trinajstić information content (AvgIpc) is 3.15. The van der Waals surface area contributed by atoms with Gasteiger partial charge in [-0.1, -0.05) is 79.7 Å². The maximum atomic E-state index is 3.67. The van der Waals surface area contributed by atoms with E-state index in [0.717, 1.165) is 0 Å². The molecule has 0 heterocycles. The molecule has 0 saturated heterocycles. The van der Waals surface area contributed by atoms with Crippen molar-refractivity contribution in [3.05, 3.63) is 82.4 Å². The Morgan fingerprint density at radius 2 is 1.44 bits per heavy atom. The fourth-order valence-corrected chi connectivity index (χ4v) is 5.60. The van der Waals surface area contributed by atoms with Gasteiger partial charge in [0, 0.05) is 8.07 Å². The van der Waals surface area contributed by atoms with Crippen LogP contribution in [0.25, 0.3) is 12.2 Å². The van der Waals surface area contributed by atoms with Gasteiger partial charge in [0.25, 0.3) is 0 Å². The van der Waals surface area contributed by atoms with Crippen molar-refractivity contribution < 1.29 is 49.0 Å². The zero-order chi connectivity index (χ0) is 18.0. The van der Waals surface area contributed by atoms with Gasteiger partial charge in [0.1, 0.15) is 0 Å². The molecule has 0 N–H and O–H groups in total. The van der Waals surface area contributed by atoms with E-state index in [0.29, 0.717) is 11.8 Å². The molecule has 0 aliphatic heterocycles. The number of hydrogen-bond donors (Lipinski definition) is 0. The zero-order valence-corrected chi connectivity index (χ0v) is 21.1. The molecule has 0 bridgehead atoms. The topological polar surface area (TPSA) is 0 Å². The molecule has 2 aromatic carbocycles. The maximum absolute atomic E-state index is 3.67. The van der Waals surface area contributed by atoms with Crippen molar-refractivity contribution >= 4 is 24.4 Å². The van der Waals surface area contributed by atoms with E-state index < -0.39 is 8.07 Å². The zero-order valence-electron chi connectivity index (χ0n) is 16.1. The summed E-state index contributed by atoms with van der Waals surface area (Å²) in [5.74, 6) is 0.843. The normalized spacial score (nSPS) is 18.9. The number of fused-ring (bicyclic) bond motifs is 2. The summed E-state index contributed by atoms with van der Waals surface area (Å²) in [6.07, 6.45) is 8.32. The van der Waals surface area contributed by atoms with Gasteiger partial charge in [-0.05, 0) is 23.1 Å². The molecule has 0 amide bonds. The van der Waals surface area contributed by atoms with Crippen LogP contribution in [-0.4, -0.2) is 12.3 Å². The van der Waals surface area contributed by atoms with E-state index in [9.17, 15) is 0 Å². The molecule has 2 aromatic rings. The molecular weight excluding hydrogens is 466 g/mol. The Kier molecular flexibility index (Phi) is 9.35. The second kappa shape index (κ2) is 10.3. The predicted octanol–water partition coefficient (Wildman–Crippen LogP) is 0.0924. The molecule has 2 aliphatic rings. The van der Waals surface area contributed by atoms with Crippen molar-refractivity contribution in [1.82, 2.24) is 0 Å². The first kappa shape index (κ1) is 24.5. The first-order valence-electron chi connectivity index (χ1n) is 8.86. The molecule has 2 atom stereocenters. The van der Waals surface area contributed by atoms with Crippen molar-refractivity contribution in [3.63, 3.8) is 0 Å². The summed E-state index contributed by atoms with van der Waals surface area (Å²) >= 11 is 1.30. The molecule has 0 aromatic heterocycles. The third kappa shape index (κ3) is 5.30. The Morgan fingerprint density at radius 1 is 0.889 bits per heavy atom. The average molecular weight is 492 g/mol. The van der Waals surface area contributed by atoms with Crippen molar-refractivity contribution in [2.45, 2.75) is 37.5 Å². The second-order valence-corrected chi connectivity index (χ2v) is 13.5. The van der Waals surface area contributed by atoms with Crippen LogP contribution in [-0.2, 0) is 24.2 Å². The molecule has 4 rings (SSSR count). The van der Waals surface area contributed by atoms with Crippen LogP contribution >= 0.6 is 0 Å². The maximum Gasteiger partial charge on any atom is -1.00 e. The Balaban J connectivity index is 0.000000883. The molecule has 0 spiro atoms. The Hall–Kier alpha value is -0.530. The summed E-state index contributed by atoms with van der Waals surface area (Å²) in [5, 5.41) is 0. The number of rotatable bonds is 3. The molecule has 0 saturated carbocycles. The third-order valence-electron chi connectivity index (χ3n) is 4.89. The summed E-state index contributed by atoms with van der Waals surface area (Å²) in [5.41, 5.74) is 7.30. The minimum Gasteiger partial charge on any atom is -1.00 e. The molecule has 2 aliphatic carbocycles. The van der Waals surface area contributed by atoms with Gasteiger partial charge in [-0.15, -0.1) is 11.6 Å². The number of benzene rings is 2. The van der Waals surface area contributed by atoms with E-state index in [4.69, 9.17) is 0 Å². The summed E-state index contributed by atoms with van der Waals surface area (Å²) in [6, 6.07) is 19.0. The van der Waals surface area contributed by atoms with Crippen LogP contribution in [0.2, 0.25) is 25.7 Å². The first-order valence-corrected chi connectivity index (χ1v) is 14.3. The van der Waals surface area contributed by atoms with Gasteiger partial charge < -0.3 is 24.8 Å². The van der Waals surface area contributed by atoms with Gasteiger partial charge in [0.15, 0.2) is 0 Å². The van der Waals surface area contributed by atoms with Crippen LogP contribution in [0, 0.1) is 6.08 Å². The fourth-order valence-electron chi connectivity index (χ4n) is 4.05. The number of allylic oxidation sites excluding steroid dienone is 2. The molecule has 0 radical (unpaired) electrons. The van der Waals surface area contributed by atoms with Crippen LogP contribution in [0.15, 0.2) is 54.1 Å². The van der Waals surface area contributed by atoms with Gasteiger partial charge in [0.2, 0.25) is 0 Å². The van der Waals surface area contributed by atoms with Crippen LogP contribution < -0.4 is 24.8 Å². The molecule has 0 fully saturated rings. The van der Waals surface area contributed by atoms with Crippen molar-refractivity contribution in [3.8, 4) is 0 Å². The molecule has 4 heteroatoms. The Morgan fingerprint density at radius 3 is 2.07 bits per heavy atom. The van der Waals surface area contributed by atoms with E-state index in [1.54, 1.807) is 5.57 Å². The van der Waals surface area contributed by atoms with E-state index in [-0.39, 0.29) is 24.8 Å². The molecule has 0 nitrogen and oxygen atoms in total. The van der Waals surface area contributed by atoms with Crippen molar-refractivity contribution in [1.29, 1.82) is 0 Å². The number of hydrogen-bond acceptors (Lipinski definition) is 0. The summed E-state index contributed by atoms with van der Waals surface area (Å²) in [7, 11) is -1.15. The second-order valence-electron chi connectivity index (χ2n) is 7.98. The van der Waals surface area contributed by atoms with Gasteiger partial charge in [0.05, 0.1) is 0 Å². The van der Waals surface area contributed by atoms with Gasteiger partial charge in [-0.3, -0.25) is 6.08 Å². The summed E-state index contributed by atoms with van der Waals surface area (Å²) in [6.45, 7) is 7.40. The SMILES string of the molecule is C[Si](C)(C)CC1=Cc2ccccc2C1C1[C-]=Cc2ccccc21.[CH2]=[Zr+2].[Cl-].[Cl-]. The van der Waals surface area contributed by atoms with Gasteiger partial charge in [-0.25, -0.2) is 6.08 Å². The third-order valence-corrected chi connectivity index (χ3v) is 6.36. The first-order chi connectivity index (χ1) is 12.0. The van der Waals surface area contributed by atoms with Crippen LogP contribution in [0.5, 0.6) is 0 Å². The van der Waals surface area contributed by atoms with Crippen LogP contribution in [0.1, 0.15) is 34.1 Å². The molecular formula is C23H25Cl2SiZr-. The smallest absolute Gasteiger partial charge is 1.00 e. The van der Waals surface area contributed by atoms with Crippen molar-refractivity contribution in [2.75, 3.05) is 0 Å². The molecule has 140 valence electrons. The fraction of sp³-hybridized carbons (Fsp3) is 0.261. The summed E-state index contributed by atoms with van der Waals surface area (Å²) < 4.78 is 3.34. The minimum atomic E-state index is -1.15. The van der Waals surface area contributed by atoms with Crippen LogP contribution in [0.3, 0.4) is 0 Å². The minimum absolute atomic E-state index is 0. The quantitative estimate of drug-likeness (QED) is 0.422. The Bertz CT molecular complexity index is 836.